The van der Waals surface area contributed by atoms with Crippen LogP contribution in [0.2, 0.25) is 0 Å². The minimum absolute atomic E-state index is 0.254. The van der Waals surface area contributed by atoms with Crippen molar-refractivity contribution < 1.29 is 5.11 Å². The highest BCUT2D eigenvalue weighted by atomic mass is 16.3. The molecule has 100 valence electrons. The number of rotatable bonds is 3. The van der Waals surface area contributed by atoms with Gasteiger partial charge in [-0.3, -0.25) is 4.90 Å². The SMILES string of the molecule is Cc1cccc(N2CCN(C(C)C(C)O)CC2)c1. The Labute approximate surface area is 110 Å². The summed E-state index contributed by atoms with van der Waals surface area (Å²) >= 11 is 0. The van der Waals surface area contributed by atoms with Crippen LogP contribution in [0.1, 0.15) is 19.4 Å². The van der Waals surface area contributed by atoms with E-state index in [0.29, 0.717) is 0 Å². The van der Waals surface area contributed by atoms with E-state index in [9.17, 15) is 5.11 Å². The molecular formula is C15H24N2O. The van der Waals surface area contributed by atoms with Gasteiger partial charge in [0, 0.05) is 37.9 Å². The Balaban J connectivity index is 1.94. The molecule has 1 aliphatic heterocycles. The molecule has 2 unspecified atom stereocenters. The van der Waals surface area contributed by atoms with Crippen molar-refractivity contribution in [1.29, 1.82) is 0 Å². The van der Waals surface area contributed by atoms with Crippen LogP contribution >= 0.6 is 0 Å². The van der Waals surface area contributed by atoms with Crippen LogP contribution in [0, 0.1) is 6.92 Å². The number of benzene rings is 1. The second-order valence-corrected chi connectivity index (χ2v) is 5.34. The van der Waals surface area contributed by atoms with E-state index in [-0.39, 0.29) is 12.1 Å². The predicted molar refractivity (Wildman–Crippen MR) is 76.1 cm³/mol. The average molecular weight is 248 g/mol. The van der Waals surface area contributed by atoms with Crippen LogP contribution in [-0.2, 0) is 0 Å². The lowest BCUT2D eigenvalue weighted by Crippen LogP contribution is -2.52. The van der Waals surface area contributed by atoms with Crippen LogP contribution in [0.4, 0.5) is 5.69 Å². The molecule has 1 saturated heterocycles. The Morgan fingerprint density at radius 3 is 2.33 bits per heavy atom. The first-order valence-corrected chi connectivity index (χ1v) is 6.81. The largest absolute Gasteiger partial charge is 0.392 e. The monoisotopic (exact) mass is 248 g/mol. The van der Waals surface area contributed by atoms with Gasteiger partial charge in [-0.05, 0) is 38.5 Å². The first-order valence-electron chi connectivity index (χ1n) is 6.81. The standard InChI is InChI=1S/C15H24N2O/c1-12-5-4-6-15(11-12)17-9-7-16(8-10-17)13(2)14(3)18/h4-6,11,13-14,18H,7-10H2,1-3H3. The first kappa shape index (κ1) is 13.4. The van der Waals surface area contributed by atoms with Gasteiger partial charge in [0.1, 0.15) is 0 Å². The number of hydrogen-bond donors (Lipinski definition) is 1. The van der Waals surface area contributed by atoms with E-state index in [2.05, 4.69) is 47.9 Å². The van der Waals surface area contributed by atoms with Crippen LogP contribution in [0.15, 0.2) is 24.3 Å². The minimum Gasteiger partial charge on any atom is -0.392 e. The summed E-state index contributed by atoms with van der Waals surface area (Å²) in [5.74, 6) is 0. The number of aliphatic hydroxyl groups is 1. The van der Waals surface area contributed by atoms with E-state index in [1.807, 2.05) is 6.92 Å². The lowest BCUT2D eigenvalue weighted by Gasteiger charge is -2.40. The first-order chi connectivity index (χ1) is 8.58. The fourth-order valence-corrected chi connectivity index (χ4v) is 2.52. The summed E-state index contributed by atoms with van der Waals surface area (Å²) in [6.07, 6.45) is -0.254. The van der Waals surface area contributed by atoms with Crippen molar-refractivity contribution in [3.05, 3.63) is 29.8 Å². The summed E-state index contributed by atoms with van der Waals surface area (Å²) in [4.78, 5) is 4.80. The van der Waals surface area contributed by atoms with Gasteiger partial charge in [-0.15, -0.1) is 0 Å². The molecule has 1 aliphatic rings. The quantitative estimate of drug-likeness (QED) is 0.885. The number of anilines is 1. The molecule has 1 N–H and O–H groups in total. The zero-order valence-electron chi connectivity index (χ0n) is 11.6. The van der Waals surface area contributed by atoms with Crippen LogP contribution < -0.4 is 4.90 Å². The van der Waals surface area contributed by atoms with E-state index in [1.54, 1.807) is 0 Å². The molecule has 1 fully saturated rings. The number of piperazine rings is 1. The maximum atomic E-state index is 9.64. The van der Waals surface area contributed by atoms with Crippen LogP contribution in [0.3, 0.4) is 0 Å². The molecule has 1 heterocycles. The number of aryl methyl sites for hydroxylation is 1. The molecule has 18 heavy (non-hydrogen) atoms. The van der Waals surface area contributed by atoms with Gasteiger partial charge in [-0.2, -0.15) is 0 Å². The lowest BCUT2D eigenvalue weighted by atomic mass is 10.1. The second-order valence-electron chi connectivity index (χ2n) is 5.34. The van der Waals surface area contributed by atoms with Gasteiger partial charge in [0.15, 0.2) is 0 Å². The highest BCUT2D eigenvalue weighted by Gasteiger charge is 2.23. The summed E-state index contributed by atoms with van der Waals surface area (Å²) in [7, 11) is 0. The van der Waals surface area contributed by atoms with E-state index >= 15 is 0 Å². The lowest BCUT2D eigenvalue weighted by molar-refractivity contribution is 0.0672. The topological polar surface area (TPSA) is 26.7 Å². The summed E-state index contributed by atoms with van der Waals surface area (Å²) in [6.45, 7) is 10.3. The second kappa shape index (κ2) is 5.72. The molecular weight excluding hydrogens is 224 g/mol. The normalized spacial score (nSPS) is 20.8. The maximum absolute atomic E-state index is 9.64. The molecule has 0 bridgehead atoms. The van der Waals surface area contributed by atoms with Gasteiger partial charge in [-0.25, -0.2) is 0 Å². The van der Waals surface area contributed by atoms with Crippen LogP contribution in [0.25, 0.3) is 0 Å². The van der Waals surface area contributed by atoms with E-state index in [4.69, 9.17) is 0 Å². The molecule has 0 spiro atoms. The molecule has 3 nitrogen and oxygen atoms in total. The zero-order chi connectivity index (χ0) is 13.1. The van der Waals surface area contributed by atoms with Crippen LogP contribution in [0.5, 0.6) is 0 Å². The molecule has 0 saturated carbocycles. The Bertz CT molecular complexity index is 384. The molecule has 0 aromatic heterocycles. The average Bonchev–Trinajstić information content (AvgIpc) is 2.38. The molecule has 1 aromatic rings. The van der Waals surface area contributed by atoms with Gasteiger partial charge in [-0.1, -0.05) is 12.1 Å². The van der Waals surface area contributed by atoms with E-state index < -0.39 is 0 Å². The summed E-state index contributed by atoms with van der Waals surface area (Å²) in [5.41, 5.74) is 2.63. The van der Waals surface area contributed by atoms with Crippen molar-refractivity contribution in [2.75, 3.05) is 31.1 Å². The fourth-order valence-electron chi connectivity index (χ4n) is 2.52. The van der Waals surface area contributed by atoms with Crippen molar-refractivity contribution in [3.8, 4) is 0 Å². The highest BCUT2D eigenvalue weighted by Crippen LogP contribution is 2.19. The molecule has 0 aliphatic carbocycles. The number of aliphatic hydroxyl groups excluding tert-OH is 1. The van der Waals surface area contributed by atoms with Crippen molar-refractivity contribution in [2.24, 2.45) is 0 Å². The van der Waals surface area contributed by atoms with Crippen molar-refractivity contribution in [2.45, 2.75) is 32.9 Å². The Morgan fingerprint density at radius 2 is 1.78 bits per heavy atom. The minimum atomic E-state index is -0.254. The van der Waals surface area contributed by atoms with Gasteiger partial charge in [0.2, 0.25) is 0 Å². The molecule has 3 heteroatoms. The summed E-state index contributed by atoms with van der Waals surface area (Å²) in [6, 6.07) is 8.93. The maximum Gasteiger partial charge on any atom is 0.0664 e. The van der Waals surface area contributed by atoms with Crippen molar-refractivity contribution >= 4 is 5.69 Å². The Morgan fingerprint density at radius 1 is 1.11 bits per heavy atom. The third-order valence-corrected chi connectivity index (χ3v) is 3.96. The predicted octanol–water partition coefficient (Wildman–Crippen LogP) is 1.89. The molecule has 2 rings (SSSR count). The molecule has 1 aromatic carbocycles. The fraction of sp³-hybridized carbons (Fsp3) is 0.600. The smallest absolute Gasteiger partial charge is 0.0664 e. The van der Waals surface area contributed by atoms with Gasteiger partial charge in [0.25, 0.3) is 0 Å². The van der Waals surface area contributed by atoms with E-state index in [1.165, 1.54) is 11.3 Å². The zero-order valence-corrected chi connectivity index (χ0v) is 11.6. The Kier molecular flexibility index (Phi) is 4.25. The third-order valence-electron chi connectivity index (χ3n) is 3.96. The number of hydrogen-bond acceptors (Lipinski definition) is 3. The van der Waals surface area contributed by atoms with Crippen LogP contribution in [-0.4, -0.2) is 48.3 Å². The Hall–Kier alpha value is -1.06. The number of nitrogens with zero attached hydrogens (tertiary/aromatic N) is 2. The third kappa shape index (κ3) is 3.03. The molecule has 2 atom stereocenters. The van der Waals surface area contributed by atoms with Crippen molar-refractivity contribution in [1.82, 2.24) is 4.90 Å². The van der Waals surface area contributed by atoms with Gasteiger partial charge in [0.05, 0.1) is 6.10 Å². The molecule has 0 radical (unpaired) electrons. The van der Waals surface area contributed by atoms with Gasteiger partial charge < -0.3 is 10.0 Å². The van der Waals surface area contributed by atoms with Crippen molar-refractivity contribution in [3.63, 3.8) is 0 Å². The summed E-state index contributed by atoms with van der Waals surface area (Å²) < 4.78 is 0. The summed E-state index contributed by atoms with van der Waals surface area (Å²) in [5, 5.41) is 9.64. The highest BCUT2D eigenvalue weighted by molar-refractivity contribution is 5.48. The van der Waals surface area contributed by atoms with Gasteiger partial charge >= 0.3 is 0 Å². The van der Waals surface area contributed by atoms with E-state index in [0.717, 1.165) is 26.2 Å². The molecule has 0 amide bonds.